The van der Waals surface area contributed by atoms with Crippen LogP contribution in [0.3, 0.4) is 0 Å². The number of benzene rings is 1. The van der Waals surface area contributed by atoms with E-state index >= 15 is 0 Å². The number of aryl methyl sites for hydroxylation is 1. The van der Waals surface area contributed by atoms with Crippen molar-refractivity contribution < 1.29 is 14.5 Å². The number of amides is 1. The summed E-state index contributed by atoms with van der Waals surface area (Å²) >= 11 is 0. The Hall–Kier alpha value is -3.00. The van der Waals surface area contributed by atoms with Crippen LogP contribution in [0.15, 0.2) is 42.5 Å². The summed E-state index contributed by atoms with van der Waals surface area (Å²) in [4.78, 5) is 31.2. The predicted molar refractivity (Wildman–Crippen MR) is 104 cm³/mol. The van der Waals surface area contributed by atoms with Crippen molar-refractivity contribution in [2.24, 2.45) is 0 Å². The van der Waals surface area contributed by atoms with Crippen LogP contribution in [0.4, 0.5) is 5.82 Å². The van der Waals surface area contributed by atoms with Crippen LogP contribution < -0.4 is 4.74 Å². The topological polar surface area (TPSA) is 88.8 Å². The Balaban J connectivity index is 1.56. The fourth-order valence-electron chi connectivity index (χ4n) is 3.22. The Morgan fingerprint density at radius 1 is 1.18 bits per heavy atom. The van der Waals surface area contributed by atoms with E-state index < -0.39 is 11.0 Å². The fourth-order valence-corrected chi connectivity index (χ4v) is 3.22. The van der Waals surface area contributed by atoms with Gasteiger partial charge in [0.2, 0.25) is 5.75 Å². The molecule has 0 radical (unpaired) electrons. The molecule has 2 aromatic rings. The largest absolute Gasteiger partial charge is 0.473 e. The van der Waals surface area contributed by atoms with Crippen molar-refractivity contribution in [2.45, 2.75) is 26.5 Å². The molecule has 3 rings (SSSR count). The lowest BCUT2D eigenvalue weighted by atomic mass is 10.2. The highest BCUT2D eigenvalue weighted by molar-refractivity contribution is 5.81. The van der Waals surface area contributed by atoms with Gasteiger partial charge in [0.15, 0.2) is 6.10 Å². The molecule has 1 amide bonds. The van der Waals surface area contributed by atoms with E-state index in [1.165, 1.54) is 11.6 Å². The molecule has 8 nitrogen and oxygen atoms in total. The first-order valence-electron chi connectivity index (χ1n) is 9.28. The number of hydrogen-bond acceptors (Lipinski definition) is 6. The van der Waals surface area contributed by atoms with E-state index in [-0.39, 0.29) is 17.5 Å². The minimum absolute atomic E-state index is 0.0131. The van der Waals surface area contributed by atoms with E-state index in [1.807, 2.05) is 18.2 Å². The van der Waals surface area contributed by atoms with Gasteiger partial charge in [0, 0.05) is 39.6 Å². The number of piperazine rings is 1. The smallest absolute Gasteiger partial charge is 0.406 e. The maximum atomic E-state index is 12.7. The minimum Gasteiger partial charge on any atom is -0.473 e. The van der Waals surface area contributed by atoms with Crippen LogP contribution in [-0.4, -0.2) is 57.9 Å². The number of nitro groups is 1. The quantitative estimate of drug-likeness (QED) is 0.561. The van der Waals surface area contributed by atoms with Gasteiger partial charge in [0.25, 0.3) is 5.91 Å². The van der Waals surface area contributed by atoms with Crippen molar-refractivity contribution in [3.63, 3.8) is 0 Å². The lowest BCUT2D eigenvalue weighted by Gasteiger charge is -2.35. The Morgan fingerprint density at radius 3 is 2.50 bits per heavy atom. The number of rotatable bonds is 6. The van der Waals surface area contributed by atoms with Gasteiger partial charge in [-0.05, 0) is 34.5 Å². The summed E-state index contributed by atoms with van der Waals surface area (Å²) in [6.45, 7) is 6.90. The molecule has 28 heavy (non-hydrogen) atoms. The number of carbonyl (C=O) groups is 1. The molecule has 1 fully saturated rings. The summed E-state index contributed by atoms with van der Waals surface area (Å²) in [5.41, 5.74) is 1.77. The van der Waals surface area contributed by atoms with Gasteiger partial charge in [-0.25, -0.2) is 0 Å². The molecule has 0 bridgehead atoms. The minimum atomic E-state index is -0.816. The molecule has 0 aliphatic carbocycles. The standard InChI is InChI=1S/C20H24N4O4/c1-15-8-9-18(19(21-15)24(26)27)28-16(2)20(25)23-12-10-22(11-13-23)14-17-6-4-3-5-7-17/h3-9,16H,10-14H2,1-2H3/t16-/m0/s1. The van der Waals surface area contributed by atoms with Crippen LogP contribution in [-0.2, 0) is 11.3 Å². The second-order valence-electron chi connectivity index (χ2n) is 6.88. The third kappa shape index (κ3) is 4.83. The number of pyridine rings is 1. The van der Waals surface area contributed by atoms with E-state index in [2.05, 4.69) is 22.0 Å². The second kappa shape index (κ2) is 8.79. The SMILES string of the molecule is Cc1ccc(O[C@@H](C)C(=O)N2CCN(Cc3ccccc3)CC2)c([N+](=O)[O-])n1. The molecule has 2 heterocycles. The Morgan fingerprint density at radius 2 is 1.86 bits per heavy atom. The second-order valence-corrected chi connectivity index (χ2v) is 6.88. The molecule has 1 saturated heterocycles. The van der Waals surface area contributed by atoms with Gasteiger partial charge in [-0.1, -0.05) is 30.3 Å². The van der Waals surface area contributed by atoms with Crippen molar-refractivity contribution in [3.8, 4) is 5.75 Å². The molecule has 1 aromatic heterocycles. The first kappa shape index (κ1) is 19.8. The van der Waals surface area contributed by atoms with Gasteiger partial charge in [-0.2, -0.15) is 0 Å². The van der Waals surface area contributed by atoms with Crippen molar-refractivity contribution in [1.82, 2.24) is 14.8 Å². The molecule has 0 N–H and O–H groups in total. The summed E-state index contributed by atoms with van der Waals surface area (Å²) in [5, 5.41) is 11.2. The molecule has 0 spiro atoms. The van der Waals surface area contributed by atoms with Gasteiger partial charge in [-0.3, -0.25) is 9.69 Å². The molecule has 148 valence electrons. The van der Waals surface area contributed by atoms with Crippen LogP contribution in [0, 0.1) is 17.0 Å². The van der Waals surface area contributed by atoms with Crippen LogP contribution in [0.25, 0.3) is 0 Å². The van der Waals surface area contributed by atoms with Crippen molar-refractivity contribution >= 4 is 11.7 Å². The van der Waals surface area contributed by atoms with Crippen molar-refractivity contribution in [3.05, 3.63) is 63.8 Å². The summed E-state index contributed by atoms with van der Waals surface area (Å²) in [6, 6.07) is 13.3. The van der Waals surface area contributed by atoms with Gasteiger partial charge in [0.1, 0.15) is 5.69 Å². The van der Waals surface area contributed by atoms with Crippen molar-refractivity contribution in [1.29, 1.82) is 0 Å². The van der Waals surface area contributed by atoms with Gasteiger partial charge in [-0.15, -0.1) is 0 Å². The van der Waals surface area contributed by atoms with Gasteiger partial charge in [0.05, 0.1) is 0 Å². The van der Waals surface area contributed by atoms with E-state index in [1.54, 1.807) is 24.8 Å². The normalized spacial score (nSPS) is 15.9. The summed E-state index contributed by atoms with van der Waals surface area (Å²) in [7, 11) is 0. The Bertz CT molecular complexity index is 835. The van der Waals surface area contributed by atoms with Crippen LogP contribution >= 0.6 is 0 Å². The van der Waals surface area contributed by atoms with Crippen LogP contribution in [0.2, 0.25) is 0 Å². The lowest BCUT2D eigenvalue weighted by molar-refractivity contribution is -0.390. The molecular weight excluding hydrogens is 360 g/mol. The molecular formula is C20H24N4O4. The fraction of sp³-hybridized carbons (Fsp3) is 0.400. The molecule has 1 aliphatic rings. The highest BCUT2D eigenvalue weighted by Gasteiger charge is 2.28. The maximum Gasteiger partial charge on any atom is 0.406 e. The number of hydrogen-bond donors (Lipinski definition) is 0. The van der Waals surface area contributed by atoms with E-state index in [0.717, 1.165) is 19.6 Å². The number of aromatic nitrogens is 1. The average molecular weight is 384 g/mol. The number of carbonyl (C=O) groups excluding carboxylic acids is 1. The molecule has 1 atom stereocenters. The van der Waals surface area contributed by atoms with Gasteiger partial charge >= 0.3 is 5.82 Å². The zero-order valence-corrected chi connectivity index (χ0v) is 16.1. The highest BCUT2D eigenvalue weighted by atomic mass is 16.6. The summed E-state index contributed by atoms with van der Waals surface area (Å²) in [6.07, 6.45) is -0.816. The Labute approximate surface area is 163 Å². The van der Waals surface area contributed by atoms with Gasteiger partial charge < -0.3 is 19.8 Å². The summed E-state index contributed by atoms with van der Waals surface area (Å²) < 4.78 is 5.59. The first-order chi connectivity index (χ1) is 13.4. The number of ether oxygens (including phenoxy) is 1. The van der Waals surface area contributed by atoms with Crippen LogP contribution in [0.5, 0.6) is 5.75 Å². The first-order valence-corrected chi connectivity index (χ1v) is 9.28. The lowest BCUT2D eigenvalue weighted by Crippen LogP contribution is -2.51. The zero-order chi connectivity index (χ0) is 20.1. The third-order valence-corrected chi connectivity index (χ3v) is 4.74. The molecule has 8 heteroatoms. The maximum absolute atomic E-state index is 12.7. The zero-order valence-electron chi connectivity index (χ0n) is 16.1. The van der Waals surface area contributed by atoms with E-state index in [0.29, 0.717) is 18.8 Å². The molecule has 1 aromatic carbocycles. The predicted octanol–water partition coefficient (Wildman–Crippen LogP) is 2.41. The van der Waals surface area contributed by atoms with E-state index in [9.17, 15) is 14.9 Å². The highest BCUT2D eigenvalue weighted by Crippen LogP contribution is 2.26. The third-order valence-electron chi connectivity index (χ3n) is 4.74. The summed E-state index contributed by atoms with van der Waals surface area (Å²) in [5.74, 6) is -0.527. The van der Waals surface area contributed by atoms with Crippen LogP contribution in [0.1, 0.15) is 18.2 Å². The Kier molecular flexibility index (Phi) is 6.20. The average Bonchev–Trinajstić information content (AvgIpc) is 2.70. The molecule has 0 saturated carbocycles. The molecule has 0 unspecified atom stereocenters. The van der Waals surface area contributed by atoms with Crippen molar-refractivity contribution in [2.75, 3.05) is 26.2 Å². The monoisotopic (exact) mass is 384 g/mol. The molecule has 1 aliphatic heterocycles. The number of nitrogens with zero attached hydrogens (tertiary/aromatic N) is 4. The van der Waals surface area contributed by atoms with E-state index in [4.69, 9.17) is 4.74 Å².